The Hall–Kier alpha value is 1.26. The molecule has 0 aliphatic rings. The van der Waals surface area contributed by atoms with E-state index in [9.17, 15) is 9.36 Å². The van der Waals surface area contributed by atoms with Crippen molar-refractivity contribution in [2.75, 3.05) is 6.61 Å². The van der Waals surface area contributed by atoms with Crippen LogP contribution in [0, 0.1) is 0 Å². The molecular formula is C6H13KO9P. The summed E-state index contributed by atoms with van der Waals surface area (Å²) < 4.78 is 14.1. The van der Waals surface area contributed by atoms with Crippen LogP contribution in [-0.2, 0) is 13.9 Å². The van der Waals surface area contributed by atoms with Crippen molar-refractivity contribution in [3.63, 3.8) is 0 Å². The van der Waals surface area contributed by atoms with E-state index in [1.165, 1.54) is 0 Å². The van der Waals surface area contributed by atoms with Gasteiger partial charge in [0.25, 0.3) is 0 Å². The molecule has 4 unspecified atom stereocenters. The average molecular weight is 299 g/mol. The first-order chi connectivity index (χ1) is 7.19. The SMILES string of the molecule is O=CC(O)C(O)C(O)C(O)COP(=O)(O)O.[K]. The monoisotopic (exact) mass is 299 g/mol. The first kappa shape index (κ1) is 20.6. The summed E-state index contributed by atoms with van der Waals surface area (Å²) in [7, 11) is -4.80. The zero-order valence-corrected chi connectivity index (χ0v) is 13.0. The average Bonchev–Trinajstić information content (AvgIpc) is 2.21. The molecule has 0 aromatic carbocycles. The van der Waals surface area contributed by atoms with Gasteiger partial charge in [0, 0.05) is 51.4 Å². The quantitative estimate of drug-likeness (QED) is 0.158. The van der Waals surface area contributed by atoms with Gasteiger partial charge < -0.3 is 35.0 Å². The fourth-order valence-electron chi connectivity index (χ4n) is 0.782. The van der Waals surface area contributed by atoms with E-state index in [0.29, 0.717) is 0 Å². The minimum atomic E-state index is -4.80. The normalized spacial score (nSPS) is 18.7. The van der Waals surface area contributed by atoms with E-state index in [2.05, 4.69) is 4.52 Å². The maximum absolute atomic E-state index is 10.2. The van der Waals surface area contributed by atoms with Crippen molar-refractivity contribution in [1.29, 1.82) is 0 Å². The number of carbonyl (C=O) groups excluding carboxylic acids is 1. The van der Waals surface area contributed by atoms with Crippen molar-refractivity contribution in [2.45, 2.75) is 24.4 Å². The minimum absolute atomic E-state index is 0. The Bertz CT molecular complexity index is 268. The zero-order chi connectivity index (χ0) is 12.9. The summed E-state index contributed by atoms with van der Waals surface area (Å²) in [5.74, 6) is 0. The summed E-state index contributed by atoms with van der Waals surface area (Å²) in [6, 6.07) is 0. The number of phosphoric ester groups is 1. The molecule has 0 rings (SSSR count). The third-order valence-corrected chi connectivity index (χ3v) is 2.13. The number of rotatable bonds is 7. The summed E-state index contributed by atoms with van der Waals surface area (Å²) in [6.07, 6.45) is -7.80. The molecule has 0 aromatic rings. The van der Waals surface area contributed by atoms with Crippen LogP contribution in [0.2, 0.25) is 0 Å². The molecule has 0 aliphatic carbocycles. The molecule has 0 saturated heterocycles. The molecule has 0 fully saturated rings. The molecule has 0 saturated carbocycles. The molecule has 11 heteroatoms. The molecule has 0 heterocycles. The number of aldehydes is 1. The predicted octanol–water partition coefficient (Wildman–Crippen LogP) is -3.64. The number of phosphoric acid groups is 1. The van der Waals surface area contributed by atoms with E-state index in [-0.39, 0.29) is 57.7 Å². The van der Waals surface area contributed by atoms with Crippen molar-refractivity contribution >= 4 is 65.5 Å². The van der Waals surface area contributed by atoms with E-state index in [0.717, 1.165) is 0 Å². The fraction of sp³-hybridized carbons (Fsp3) is 0.833. The van der Waals surface area contributed by atoms with Gasteiger partial charge in [-0.25, -0.2) is 4.57 Å². The first-order valence-electron chi connectivity index (χ1n) is 4.06. The minimum Gasteiger partial charge on any atom is -0.388 e. The molecule has 0 spiro atoms. The Kier molecular flexibility index (Phi) is 11.1. The molecule has 0 bridgehead atoms. The van der Waals surface area contributed by atoms with Gasteiger partial charge in [-0.05, 0) is 0 Å². The van der Waals surface area contributed by atoms with Gasteiger partial charge in [-0.2, -0.15) is 0 Å². The van der Waals surface area contributed by atoms with Gasteiger partial charge in [0.15, 0.2) is 6.29 Å². The van der Waals surface area contributed by atoms with Gasteiger partial charge in [-0.3, -0.25) is 4.52 Å². The van der Waals surface area contributed by atoms with Crippen LogP contribution in [0.1, 0.15) is 0 Å². The third-order valence-electron chi connectivity index (χ3n) is 1.65. The summed E-state index contributed by atoms with van der Waals surface area (Å²) >= 11 is 0. The smallest absolute Gasteiger partial charge is 0.388 e. The summed E-state index contributed by atoms with van der Waals surface area (Å²) in [4.78, 5) is 26.6. The van der Waals surface area contributed by atoms with Crippen LogP contribution >= 0.6 is 7.82 Å². The molecule has 0 aliphatic heterocycles. The summed E-state index contributed by atoms with van der Waals surface area (Å²) in [5, 5.41) is 36.1. The number of aliphatic hydroxyl groups excluding tert-OH is 4. The van der Waals surface area contributed by atoms with Crippen molar-refractivity contribution in [1.82, 2.24) is 0 Å². The molecule has 4 atom stereocenters. The molecule has 1 radical (unpaired) electrons. The maximum atomic E-state index is 10.2. The Labute approximate surface area is 139 Å². The molecule has 17 heavy (non-hydrogen) atoms. The Morgan fingerprint density at radius 3 is 1.94 bits per heavy atom. The second-order valence-corrected chi connectivity index (χ2v) is 4.20. The number of carbonyl (C=O) groups is 1. The van der Waals surface area contributed by atoms with Crippen molar-refractivity contribution in [3.05, 3.63) is 0 Å². The fourth-order valence-corrected chi connectivity index (χ4v) is 1.13. The van der Waals surface area contributed by atoms with Crippen molar-refractivity contribution < 1.29 is 44.1 Å². The van der Waals surface area contributed by atoms with Crippen molar-refractivity contribution in [3.8, 4) is 0 Å². The van der Waals surface area contributed by atoms with Crippen LogP contribution in [0.15, 0.2) is 0 Å². The molecule has 9 nitrogen and oxygen atoms in total. The second-order valence-electron chi connectivity index (χ2n) is 2.96. The number of aliphatic hydroxyl groups is 4. The van der Waals surface area contributed by atoms with Crippen LogP contribution in [0.3, 0.4) is 0 Å². The van der Waals surface area contributed by atoms with Crippen LogP contribution in [0.25, 0.3) is 0 Å². The zero-order valence-electron chi connectivity index (χ0n) is 8.95. The number of hydrogen-bond donors (Lipinski definition) is 6. The first-order valence-corrected chi connectivity index (χ1v) is 5.59. The molecule has 97 valence electrons. The Morgan fingerprint density at radius 1 is 1.12 bits per heavy atom. The van der Waals surface area contributed by atoms with Gasteiger partial charge in [0.05, 0.1) is 6.61 Å². The molecular weight excluding hydrogens is 286 g/mol. The molecule has 0 amide bonds. The van der Waals surface area contributed by atoms with Gasteiger partial charge in [0.1, 0.15) is 24.4 Å². The maximum Gasteiger partial charge on any atom is 0.469 e. The number of hydrogen-bond acceptors (Lipinski definition) is 7. The van der Waals surface area contributed by atoms with Crippen LogP contribution < -0.4 is 0 Å². The van der Waals surface area contributed by atoms with Gasteiger partial charge in [0.2, 0.25) is 0 Å². The predicted molar refractivity (Wildman–Crippen MR) is 53.8 cm³/mol. The molecule has 0 aromatic heterocycles. The Balaban J connectivity index is 0. The van der Waals surface area contributed by atoms with E-state index < -0.39 is 38.8 Å². The Morgan fingerprint density at radius 2 is 1.59 bits per heavy atom. The molecule has 6 N–H and O–H groups in total. The van der Waals surface area contributed by atoms with Gasteiger partial charge in [-0.1, -0.05) is 0 Å². The van der Waals surface area contributed by atoms with E-state index in [4.69, 9.17) is 30.2 Å². The topological polar surface area (TPSA) is 165 Å². The van der Waals surface area contributed by atoms with Gasteiger partial charge in [-0.15, -0.1) is 0 Å². The van der Waals surface area contributed by atoms with E-state index in [1.54, 1.807) is 0 Å². The summed E-state index contributed by atoms with van der Waals surface area (Å²) in [5.41, 5.74) is 0. The van der Waals surface area contributed by atoms with Crippen molar-refractivity contribution in [2.24, 2.45) is 0 Å². The van der Waals surface area contributed by atoms with Crippen LogP contribution in [0.4, 0.5) is 0 Å². The van der Waals surface area contributed by atoms with Gasteiger partial charge >= 0.3 is 7.82 Å². The van der Waals surface area contributed by atoms with E-state index >= 15 is 0 Å². The van der Waals surface area contributed by atoms with Crippen LogP contribution in [-0.4, -0.2) is 119 Å². The third kappa shape index (κ3) is 8.89. The van der Waals surface area contributed by atoms with E-state index in [1.807, 2.05) is 0 Å². The second kappa shape index (κ2) is 9.21. The largest absolute Gasteiger partial charge is 0.469 e. The standard InChI is InChI=1S/C6H13O9P.K/c7-1-3(8)5(10)6(11)4(9)2-15-16(12,13)14;/h1,3-6,8-11H,2H2,(H2,12,13,14);. The summed E-state index contributed by atoms with van der Waals surface area (Å²) in [6.45, 7) is -0.964. The van der Waals surface area contributed by atoms with Crippen LogP contribution in [0.5, 0.6) is 0 Å².